The van der Waals surface area contributed by atoms with Crippen LogP contribution in [0.4, 0.5) is 46.6 Å². The van der Waals surface area contributed by atoms with Crippen LogP contribution in [0.25, 0.3) is 32.7 Å². The Morgan fingerprint density at radius 2 is 1.11 bits per heavy atom. The highest BCUT2D eigenvalue weighted by Crippen LogP contribution is 2.34. The number of rotatable bonds is 15. The van der Waals surface area contributed by atoms with Crippen LogP contribution < -0.4 is 50.7 Å². The molecular formula is C55H67ClF8N14O9S2. The first kappa shape index (κ1) is 73.8. The maximum absolute atomic E-state index is 13.2. The number of nitrogens with two attached hydrogens (primary N) is 3. The summed E-state index contributed by atoms with van der Waals surface area (Å²) in [5.41, 5.74) is 12.8. The van der Waals surface area contributed by atoms with E-state index in [2.05, 4.69) is 49.4 Å². The molecule has 23 nitrogen and oxygen atoms in total. The average Bonchev–Trinajstić information content (AvgIpc) is 1.20. The number of nitrogens with one attached hydrogen (secondary N) is 4. The lowest BCUT2D eigenvalue weighted by Crippen LogP contribution is -2.48. The summed E-state index contributed by atoms with van der Waals surface area (Å²) in [6, 6.07) is 14.3. The molecule has 0 saturated carbocycles. The van der Waals surface area contributed by atoms with Gasteiger partial charge in [0.15, 0.2) is 17.5 Å². The van der Waals surface area contributed by atoms with Crippen molar-refractivity contribution in [1.82, 2.24) is 44.7 Å². The molecule has 2 saturated heterocycles. The molecule has 2 aliphatic heterocycles. The van der Waals surface area contributed by atoms with Gasteiger partial charge in [0.05, 0.1) is 48.8 Å². The van der Waals surface area contributed by atoms with Gasteiger partial charge in [-0.3, -0.25) is 4.79 Å². The van der Waals surface area contributed by atoms with E-state index in [1.807, 2.05) is 45.6 Å². The number of hydrogen-bond donors (Lipinski definition) is 7. The molecule has 0 amide bonds. The number of anilines is 2. The fourth-order valence-electron chi connectivity index (χ4n) is 8.32. The van der Waals surface area contributed by atoms with Crippen molar-refractivity contribution in [2.45, 2.75) is 80.1 Å². The SMILES string of the molecule is COC(=O)c1cc(C)c(C)cc1N.COc1cc2nc(C(F)F)[nH]c(=O)c2cc1C.COc1cc2nc(C(F)F)nc(Cl)c2cc1C.Cc1cc2nc(C(F)F)nc(N3CC(CCNS(N)(=O)=O)C3)c2cc1C.N#CC(F)F.NS(=O)(=O)NCCC1CNC1. The van der Waals surface area contributed by atoms with Crippen molar-refractivity contribution in [3.8, 4) is 17.6 Å². The number of esters is 1. The van der Waals surface area contributed by atoms with E-state index in [4.69, 9.17) is 42.3 Å². The van der Waals surface area contributed by atoms with Crippen LogP contribution in [-0.4, -0.2) is 120 Å². The van der Waals surface area contributed by atoms with Gasteiger partial charge in [-0.2, -0.15) is 30.9 Å². The Labute approximate surface area is 512 Å². The van der Waals surface area contributed by atoms with Crippen molar-refractivity contribution in [3.63, 3.8) is 0 Å². The average molecular weight is 1320 g/mol. The molecule has 7 aromatic rings. The number of ether oxygens (including phenoxy) is 3. The fourth-order valence-corrected chi connectivity index (χ4v) is 9.36. The van der Waals surface area contributed by atoms with Crippen molar-refractivity contribution >= 4 is 82.2 Å². The zero-order valence-electron chi connectivity index (χ0n) is 49.5. The van der Waals surface area contributed by atoms with Gasteiger partial charge in [-0.05, 0) is 149 Å². The number of aromatic nitrogens is 6. The lowest BCUT2D eigenvalue weighted by Gasteiger charge is -2.41. The Hall–Kier alpha value is -7.71. The number of nitrogens with zero attached hydrogens (tertiary/aromatic N) is 7. The van der Waals surface area contributed by atoms with Gasteiger partial charge in [-0.15, -0.1) is 0 Å². The number of fused-ring (bicyclic) bond motifs is 3. The number of nitrogen functional groups attached to an aromatic ring is 1. The van der Waals surface area contributed by atoms with Crippen molar-refractivity contribution in [2.75, 3.05) is 71.2 Å². The maximum atomic E-state index is 13.2. The maximum Gasteiger partial charge on any atom is 0.339 e. The number of aryl methyl sites for hydroxylation is 6. The number of alkyl halides is 8. The van der Waals surface area contributed by atoms with E-state index in [1.54, 1.807) is 43.3 Å². The van der Waals surface area contributed by atoms with Crippen molar-refractivity contribution in [2.24, 2.45) is 22.1 Å². The summed E-state index contributed by atoms with van der Waals surface area (Å²) in [5, 5.41) is 21.4. The molecule has 34 heteroatoms. The highest BCUT2D eigenvalue weighted by Gasteiger charge is 2.31. The van der Waals surface area contributed by atoms with Crippen molar-refractivity contribution in [3.05, 3.63) is 120 Å². The second kappa shape index (κ2) is 33.2. The summed E-state index contributed by atoms with van der Waals surface area (Å²) in [5.74, 6) is 0.380. The van der Waals surface area contributed by atoms with E-state index in [9.17, 15) is 61.5 Å². The van der Waals surface area contributed by atoms with E-state index >= 15 is 0 Å². The number of carbonyl (C=O) groups excluding carboxylic acids is 1. The van der Waals surface area contributed by atoms with Gasteiger partial charge >= 0.3 is 12.4 Å². The Bertz CT molecular complexity index is 3940. The minimum absolute atomic E-state index is 0.0241. The zero-order valence-corrected chi connectivity index (χ0v) is 51.9. The van der Waals surface area contributed by atoms with Crippen LogP contribution in [0, 0.1) is 64.7 Å². The molecule has 2 aliphatic rings. The Balaban J connectivity index is 0.000000240. The summed E-state index contributed by atoms with van der Waals surface area (Å²) in [4.78, 5) is 45.9. The molecule has 9 rings (SSSR count). The number of H-pyrrole nitrogens is 1. The number of halogens is 9. The summed E-state index contributed by atoms with van der Waals surface area (Å²) in [6.07, 6.45) is -9.62. The number of aromatic amines is 1. The second-order valence-electron chi connectivity index (χ2n) is 20.0. The molecule has 5 heterocycles. The topological polar surface area (TPSA) is 352 Å². The molecule has 486 valence electrons. The van der Waals surface area contributed by atoms with Gasteiger partial charge in [-0.25, -0.2) is 75.8 Å². The summed E-state index contributed by atoms with van der Waals surface area (Å²) in [7, 11) is -2.85. The number of carbonyl (C=O) groups is 1. The van der Waals surface area contributed by atoms with Crippen LogP contribution >= 0.6 is 11.6 Å². The van der Waals surface area contributed by atoms with E-state index in [0.717, 1.165) is 58.3 Å². The minimum atomic E-state index is -3.69. The van der Waals surface area contributed by atoms with E-state index in [0.29, 0.717) is 83.0 Å². The molecule has 89 heavy (non-hydrogen) atoms. The molecule has 0 radical (unpaired) electrons. The van der Waals surface area contributed by atoms with Gasteiger partial charge in [0.25, 0.3) is 45.3 Å². The lowest BCUT2D eigenvalue weighted by molar-refractivity contribution is 0.0601. The molecule has 3 aromatic heterocycles. The number of methoxy groups -OCH3 is 3. The van der Waals surface area contributed by atoms with Crippen LogP contribution in [0.2, 0.25) is 5.15 Å². The normalized spacial score (nSPS) is 13.1. The van der Waals surface area contributed by atoms with Gasteiger partial charge < -0.3 is 35.1 Å². The summed E-state index contributed by atoms with van der Waals surface area (Å²) >= 11 is 5.85. The van der Waals surface area contributed by atoms with Gasteiger partial charge in [0.1, 0.15) is 28.5 Å². The predicted molar refractivity (Wildman–Crippen MR) is 320 cm³/mol. The summed E-state index contributed by atoms with van der Waals surface area (Å²) < 4.78 is 159. The monoisotopic (exact) mass is 1320 g/mol. The predicted octanol–water partition coefficient (Wildman–Crippen LogP) is 8.36. The first-order chi connectivity index (χ1) is 41.6. The summed E-state index contributed by atoms with van der Waals surface area (Å²) in [6.45, 7) is 15.3. The van der Waals surface area contributed by atoms with Crippen LogP contribution in [0.3, 0.4) is 0 Å². The third-order valence-electron chi connectivity index (χ3n) is 13.3. The quantitative estimate of drug-likeness (QED) is 0.0219. The largest absolute Gasteiger partial charge is 0.496 e. The lowest BCUT2D eigenvalue weighted by atomic mass is 9.95. The first-order valence-electron chi connectivity index (χ1n) is 26.5. The molecule has 10 N–H and O–H groups in total. The Kier molecular flexibility index (Phi) is 27.5. The third-order valence-corrected chi connectivity index (χ3v) is 14.8. The third kappa shape index (κ3) is 22.4. The second-order valence-corrected chi connectivity index (χ2v) is 23.1. The van der Waals surface area contributed by atoms with Gasteiger partial charge in [0, 0.05) is 54.8 Å². The Morgan fingerprint density at radius 3 is 1.57 bits per heavy atom. The molecule has 0 aliphatic carbocycles. The van der Waals surface area contributed by atoms with E-state index in [-0.39, 0.29) is 34.5 Å². The highest BCUT2D eigenvalue weighted by molar-refractivity contribution is 7.87. The highest BCUT2D eigenvalue weighted by atomic mass is 35.5. The van der Waals surface area contributed by atoms with Gasteiger partial charge in [0.2, 0.25) is 0 Å². The van der Waals surface area contributed by atoms with Crippen LogP contribution in [0.1, 0.15) is 93.3 Å². The van der Waals surface area contributed by atoms with Crippen LogP contribution in [0.5, 0.6) is 11.5 Å². The van der Waals surface area contributed by atoms with Crippen molar-refractivity contribution in [1.29, 1.82) is 5.26 Å². The minimum Gasteiger partial charge on any atom is -0.496 e. The van der Waals surface area contributed by atoms with E-state index < -0.39 is 69.2 Å². The molecule has 0 bridgehead atoms. The zero-order chi connectivity index (χ0) is 66.8. The van der Waals surface area contributed by atoms with E-state index in [1.165, 1.54) is 27.4 Å². The van der Waals surface area contributed by atoms with Crippen LogP contribution in [0.15, 0.2) is 53.3 Å². The number of nitriles is 1. The Morgan fingerprint density at radius 1 is 0.663 bits per heavy atom. The van der Waals surface area contributed by atoms with Gasteiger partial charge in [-0.1, -0.05) is 11.6 Å². The molecule has 0 spiro atoms. The fraction of sp³-hybridized carbons (Fsp3) is 0.418. The van der Waals surface area contributed by atoms with Crippen LogP contribution in [-0.2, 0) is 25.2 Å². The first-order valence-corrected chi connectivity index (χ1v) is 29.9. The molecule has 0 atom stereocenters. The number of benzene rings is 4. The molecule has 0 unspecified atom stereocenters. The molecular weight excluding hydrogens is 1250 g/mol. The molecule has 2 fully saturated rings. The van der Waals surface area contributed by atoms with Crippen molar-refractivity contribution < 1.29 is 71.0 Å². The smallest absolute Gasteiger partial charge is 0.339 e. The molecule has 4 aromatic carbocycles. The number of hydrogen-bond acceptors (Lipinski definition) is 18. The standard InChI is InChI=1S/C16H21F2N5O2S.C11H9ClF2N2O.C11H10F2N2O2.C10H13NO2.C5H13N3O2S.C2HF2N/c1-9-5-12-13(6-10(9)2)21-15(14(17)18)22-16(12)23-7-11(8-23)3-4-20-26(19,24)25;1-5-3-6-7(4-8(5)17-2)15-11(10(13)14)16-9(6)12;1-5-3-6-7(4-8(5)17-2)14-10(9(12)13)15-11(6)16;1-6-4-8(10(12)13-3)9(11)5-7(6)2;6-11(9,10)8-2-1-5-3-7-4-5;3-2(4)1-5/h5-6,11,14,20H,3-4,7-8H2,1-2H3,(H2,19,24,25);3-4,10H,1-2H3;3-4,9H,1-2H3,(H,14,15,16);4-5H,11H2,1-3H3;5,7-8H,1-4H2,(H2,6,9,10);2H.